The fourth-order valence-electron chi connectivity index (χ4n) is 2.71. The van der Waals surface area contributed by atoms with Crippen molar-refractivity contribution < 1.29 is 19.1 Å². The first-order chi connectivity index (χ1) is 11.2. The molecule has 5 nitrogen and oxygen atoms in total. The van der Waals surface area contributed by atoms with Gasteiger partial charge in [-0.15, -0.1) is 0 Å². The normalized spacial score (nSPS) is 11.9. The molecule has 0 radical (unpaired) electrons. The first-order valence-electron chi connectivity index (χ1n) is 7.74. The summed E-state index contributed by atoms with van der Waals surface area (Å²) < 4.78 is 5.28. The highest BCUT2D eigenvalue weighted by Crippen LogP contribution is 2.20. The fraction of sp³-hybridized carbons (Fsp3) is 0.316. The number of aryl methyl sites for hydroxylation is 2. The van der Waals surface area contributed by atoms with Gasteiger partial charge in [-0.3, -0.25) is 9.59 Å². The lowest BCUT2D eigenvalue weighted by molar-refractivity contribution is 0.0313. The number of esters is 1. The van der Waals surface area contributed by atoms with Crippen molar-refractivity contribution in [3.05, 3.63) is 57.9 Å². The highest BCUT2D eigenvalue weighted by atomic mass is 16.5. The third kappa shape index (κ3) is 3.45. The number of H-pyrrole nitrogens is 1. The molecule has 5 heteroatoms. The molecule has 1 atom stereocenters. The van der Waals surface area contributed by atoms with Gasteiger partial charge >= 0.3 is 5.97 Å². The lowest BCUT2D eigenvalue weighted by Crippen LogP contribution is -2.25. The molecule has 0 unspecified atom stereocenters. The number of ether oxygens (including phenoxy) is 1. The third-order valence-corrected chi connectivity index (χ3v) is 3.98. The number of rotatable bonds is 5. The largest absolute Gasteiger partial charge is 0.450 e. The van der Waals surface area contributed by atoms with E-state index in [2.05, 4.69) is 4.98 Å². The van der Waals surface area contributed by atoms with Crippen LogP contribution in [0.4, 0.5) is 0 Å². The lowest BCUT2D eigenvalue weighted by Gasteiger charge is -2.12. The van der Waals surface area contributed by atoms with Gasteiger partial charge in [0.05, 0.1) is 0 Å². The summed E-state index contributed by atoms with van der Waals surface area (Å²) in [5, 5.41) is 0. The molecule has 0 amide bonds. The van der Waals surface area contributed by atoms with Gasteiger partial charge in [0.25, 0.3) is 0 Å². The minimum Gasteiger partial charge on any atom is -0.450 e. The highest BCUT2D eigenvalue weighted by molar-refractivity contribution is 6.03. The van der Waals surface area contributed by atoms with Crippen LogP contribution in [-0.2, 0) is 4.74 Å². The number of nitrogens with one attached hydrogen (secondary N) is 1. The predicted molar refractivity (Wildman–Crippen MR) is 90.7 cm³/mol. The summed E-state index contributed by atoms with van der Waals surface area (Å²) in [7, 11) is 0. The molecule has 0 bridgehead atoms. The maximum Gasteiger partial charge on any atom is 0.355 e. The summed E-state index contributed by atoms with van der Waals surface area (Å²) in [6.45, 7) is 8.32. The van der Waals surface area contributed by atoms with Gasteiger partial charge in [-0.05, 0) is 40.2 Å². The van der Waals surface area contributed by atoms with Gasteiger partial charge in [0, 0.05) is 16.8 Å². The number of ketones is 2. The molecule has 0 saturated heterocycles. The zero-order chi connectivity index (χ0) is 18.0. The average Bonchev–Trinajstić information content (AvgIpc) is 2.82. The zero-order valence-electron chi connectivity index (χ0n) is 14.5. The zero-order valence-corrected chi connectivity index (χ0v) is 14.5. The highest BCUT2D eigenvalue weighted by Gasteiger charge is 2.25. The molecular formula is C19H21NO4. The van der Waals surface area contributed by atoms with Crippen molar-refractivity contribution in [3.8, 4) is 0 Å². The van der Waals surface area contributed by atoms with E-state index in [1.54, 1.807) is 26.0 Å². The van der Waals surface area contributed by atoms with Crippen molar-refractivity contribution in [1.29, 1.82) is 0 Å². The van der Waals surface area contributed by atoms with Crippen molar-refractivity contribution in [2.45, 2.75) is 40.7 Å². The lowest BCUT2D eigenvalue weighted by atomic mass is 10.1. The summed E-state index contributed by atoms with van der Waals surface area (Å²) in [6.07, 6.45) is -0.913. The Labute approximate surface area is 141 Å². The van der Waals surface area contributed by atoms with E-state index in [4.69, 9.17) is 4.74 Å². The Morgan fingerprint density at radius 2 is 1.62 bits per heavy atom. The van der Waals surface area contributed by atoms with E-state index in [-0.39, 0.29) is 17.3 Å². The molecule has 0 saturated carbocycles. The maximum atomic E-state index is 12.3. The van der Waals surface area contributed by atoms with Gasteiger partial charge in [-0.1, -0.05) is 29.8 Å². The molecule has 24 heavy (non-hydrogen) atoms. The van der Waals surface area contributed by atoms with Crippen molar-refractivity contribution in [3.63, 3.8) is 0 Å². The van der Waals surface area contributed by atoms with Crippen molar-refractivity contribution in [1.82, 2.24) is 4.98 Å². The monoisotopic (exact) mass is 327 g/mol. The van der Waals surface area contributed by atoms with Crippen molar-refractivity contribution in [2.75, 3.05) is 0 Å². The van der Waals surface area contributed by atoms with E-state index in [0.717, 1.165) is 5.56 Å². The molecule has 126 valence electrons. The number of Topliss-reactive ketones (excluding diaryl/α,β-unsaturated/α-hetero) is 2. The maximum absolute atomic E-state index is 12.3. The molecule has 1 heterocycles. The van der Waals surface area contributed by atoms with Crippen LogP contribution in [0.5, 0.6) is 0 Å². The van der Waals surface area contributed by atoms with Crippen LogP contribution in [-0.4, -0.2) is 28.6 Å². The molecule has 2 aromatic rings. The van der Waals surface area contributed by atoms with Crippen LogP contribution in [0.3, 0.4) is 0 Å². The number of carbonyl (C=O) groups is 3. The molecule has 1 aromatic heterocycles. The van der Waals surface area contributed by atoms with Crippen LogP contribution in [0.2, 0.25) is 0 Å². The second-order valence-corrected chi connectivity index (χ2v) is 5.96. The molecule has 0 aliphatic carbocycles. The average molecular weight is 327 g/mol. The Morgan fingerprint density at radius 1 is 1.04 bits per heavy atom. The summed E-state index contributed by atoms with van der Waals surface area (Å²) in [5.74, 6) is -1.03. The number of hydrogen-bond donors (Lipinski definition) is 1. The van der Waals surface area contributed by atoms with E-state index in [1.165, 1.54) is 13.8 Å². The van der Waals surface area contributed by atoms with E-state index in [1.807, 2.05) is 19.1 Å². The minimum atomic E-state index is -0.913. The summed E-state index contributed by atoms with van der Waals surface area (Å²) in [5.41, 5.74) is 3.39. The number of carbonyl (C=O) groups excluding carboxylic acids is 3. The Bertz CT molecular complexity index is 800. The van der Waals surface area contributed by atoms with Crippen LogP contribution in [0.1, 0.15) is 61.9 Å². The number of hydrogen-bond acceptors (Lipinski definition) is 4. The Balaban J connectivity index is 2.17. The predicted octanol–water partition coefficient (Wildman–Crippen LogP) is 3.57. The smallest absolute Gasteiger partial charge is 0.355 e. The first kappa shape index (κ1) is 17.7. The summed E-state index contributed by atoms with van der Waals surface area (Å²) >= 11 is 0. The van der Waals surface area contributed by atoms with Gasteiger partial charge in [-0.25, -0.2) is 4.79 Å². The van der Waals surface area contributed by atoms with Gasteiger partial charge in [0.15, 0.2) is 11.9 Å². The van der Waals surface area contributed by atoms with Crippen LogP contribution in [0.15, 0.2) is 24.3 Å². The molecule has 1 N–H and O–H groups in total. The molecule has 0 fully saturated rings. The van der Waals surface area contributed by atoms with E-state index >= 15 is 0 Å². The quantitative estimate of drug-likeness (QED) is 0.673. The molecule has 0 aliphatic rings. The Kier molecular flexibility index (Phi) is 5.02. The van der Waals surface area contributed by atoms with Gasteiger partial charge < -0.3 is 9.72 Å². The van der Waals surface area contributed by atoms with Crippen LogP contribution in [0.25, 0.3) is 0 Å². The Hall–Kier alpha value is -2.69. The molecule has 2 rings (SSSR count). The standard InChI is InChI=1S/C19H21NO4/c1-10-6-8-15(9-7-10)18(22)14(5)24-19(23)17-11(2)16(13(4)21)12(3)20-17/h6-9,14,20H,1-5H3/t14-/m0/s1. The summed E-state index contributed by atoms with van der Waals surface area (Å²) in [6, 6.07) is 7.08. The van der Waals surface area contributed by atoms with E-state index in [9.17, 15) is 14.4 Å². The number of benzene rings is 1. The third-order valence-electron chi connectivity index (χ3n) is 3.98. The van der Waals surface area contributed by atoms with Crippen molar-refractivity contribution in [2.24, 2.45) is 0 Å². The van der Waals surface area contributed by atoms with Gasteiger partial charge in [0.2, 0.25) is 5.78 Å². The van der Waals surface area contributed by atoms with Gasteiger partial charge in [-0.2, -0.15) is 0 Å². The first-order valence-corrected chi connectivity index (χ1v) is 7.74. The Morgan fingerprint density at radius 3 is 2.12 bits per heavy atom. The summed E-state index contributed by atoms with van der Waals surface area (Å²) in [4.78, 5) is 39.2. The molecule has 0 spiro atoms. The topological polar surface area (TPSA) is 76.2 Å². The van der Waals surface area contributed by atoms with Crippen molar-refractivity contribution >= 4 is 17.5 Å². The second kappa shape index (κ2) is 6.83. The number of aromatic nitrogens is 1. The second-order valence-electron chi connectivity index (χ2n) is 5.96. The molecule has 0 aliphatic heterocycles. The number of aromatic amines is 1. The van der Waals surface area contributed by atoms with Crippen LogP contribution < -0.4 is 0 Å². The molecule has 1 aromatic carbocycles. The minimum absolute atomic E-state index is 0.121. The van der Waals surface area contributed by atoms with E-state index in [0.29, 0.717) is 22.4 Å². The van der Waals surface area contributed by atoms with Crippen LogP contribution >= 0.6 is 0 Å². The SMILES string of the molecule is CC(=O)c1c(C)[nH]c(C(=O)O[C@@H](C)C(=O)c2ccc(C)cc2)c1C. The van der Waals surface area contributed by atoms with Gasteiger partial charge in [0.1, 0.15) is 5.69 Å². The molecular weight excluding hydrogens is 306 g/mol. The fourth-order valence-corrected chi connectivity index (χ4v) is 2.71. The van der Waals surface area contributed by atoms with E-state index < -0.39 is 12.1 Å². The van der Waals surface area contributed by atoms with Crippen LogP contribution in [0, 0.1) is 20.8 Å².